The quantitative estimate of drug-likeness (QED) is 0.568. The Bertz CT molecular complexity index is 1060. The number of imide groups is 1. The van der Waals surface area contributed by atoms with E-state index in [9.17, 15) is 14.4 Å². The van der Waals surface area contributed by atoms with Gasteiger partial charge in [-0.25, -0.2) is 4.79 Å². The molecule has 0 bridgehead atoms. The van der Waals surface area contributed by atoms with Gasteiger partial charge in [-0.1, -0.05) is 13.8 Å². The second-order valence-electron chi connectivity index (χ2n) is 8.43. The Morgan fingerprint density at radius 1 is 1.13 bits per heavy atom. The highest BCUT2D eigenvalue weighted by atomic mass is 16.6. The predicted molar refractivity (Wildman–Crippen MR) is 114 cm³/mol. The summed E-state index contributed by atoms with van der Waals surface area (Å²) in [5.74, 6) is 1.01. The number of urea groups is 1. The molecule has 3 amide bonds. The first-order chi connectivity index (χ1) is 14.8. The smallest absolute Gasteiger partial charge is 0.325 e. The van der Waals surface area contributed by atoms with Crippen LogP contribution >= 0.6 is 0 Å². The van der Waals surface area contributed by atoms with Gasteiger partial charge in [0.15, 0.2) is 17.3 Å². The molecule has 0 unspecified atom stereocenters. The molecule has 2 aromatic rings. The SMILES string of the molecule is Cc1cc(C(=O)CN2C(=O)N[C@H](CC(C)C)C2=O)c(C)n1-c1ccc2c(c1)OCCO2. The van der Waals surface area contributed by atoms with Crippen molar-refractivity contribution in [2.75, 3.05) is 19.8 Å². The lowest BCUT2D eigenvalue weighted by Gasteiger charge is -2.20. The first kappa shape index (κ1) is 21.0. The van der Waals surface area contributed by atoms with Crippen molar-refractivity contribution < 1.29 is 23.9 Å². The molecule has 31 heavy (non-hydrogen) atoms. The Kier molecular flexibility index (Phi) is 5.47. The van der Waals surface area contributed by atoms with Crippen LogP contribution < -0.4 is 14.8 Å². The van der Waals surface area contributed by atoms with Crippen LogP contribution in [0.2, 0.25) is 0 Å². The molecule has 1 N–H and O–H groups in total. The van der Waals surface area contributed by atoms with Crippen LogP contribution in [0, 0.1) is 19.8 Å². The first-order valence-corrected chi connectivity index (χ1v) is 10.5. The van der Waals surface area contributed by atoms with Gasteiger partial charge < -0.3 is 19.4 Å². The summed E-state index contributed by atoms with van der Waals surface area (Å²) in [5, 5.41) is 2.68. The molecule has 2 aliphatic heterocycles. The number of hydrogen-bond donors (Lipinski definition) is 1. The Morgan fingerprint density at radius 2 is 1.84 bits per heavy atom. The normalized spacial score (nSPS) is 18.0. The van der Waals surface area contributed by atoms with E-state index in [1.807, 2.05) is 50.5 Å². The number of carbonyl (C=O) groups excluding carboxylic acids is 3. The monoisotopic (exact) mass is 425 g/mol. The molecule has 0 aliphatic carbocycles. The molecule has 1 aromatic heterocycles. The highest BCUT2D eigenvalue weighted by Gasteiger charge is 2.39. The summed E-state index contributed by atoms with van der Waals surface area (Å²) >= 11 is 0. The van der Waals surface area contributed by atoms with E-state index >= 15 is 0 Å². The van der Waals surface area contributed by atoms with E-state index in [-0.39, 0.29) is 24.2 Å². The summed E-state index contributed by atoms with van der Waals surface area (Å²) in [6.07, 6.45) is 0.549. The van der Waals surface area contributed by atoms with Crippen LogP contribution in [-0.2, 0) is 4.79 Å². The number of aromatic nitrogens is 1. The first-order valence-electron chi connectivity index (χ1n) is 10.5. The van der Waals surface area contributed by atoms with Crippen molar-refractivity contribution in [2.24, 2.45) is 5.92 Å². The fraction of sp³-hybridized carbons (Fsp3) is 0.435. The van der Waals surface area contributed by atoms with E-state index in [1.54, 1.807) is 6.07 Å². The second kappa shape index (κ2) is 8.09. The number of fused-ring (bicyclic) bond motifs is 1. The number of benzene rings is 1. The maximum absolute atomic E-state index is 13.0. The average molecular weight is 425 g/mol. The third kappa shape index (κ3) is 3.89. The highest BCUT2D eigenvalue weighted by molar-refractivity contribution is 6.09. The van der Waals surface area contributed by atoms with E-state index in [0.717, 1.165) is 22.0 Å². The Balaban J connectivity index is 1.57. The topological polar surface area (TPSA) is 89.9 Å². The lowest BCUT2D eigenvalue weighted by Crippen LogP contribution is -2.36. The Hall–Kier alpha value is -3.29. The van der Waals surface area contributed by atoms with Crippen LogP contribution in [0.3, 0.4) is 0 Å². The molecule has 0 spiro atoms. The number of amides is 3. The average Bonchev–Trinajstić information content (AvgIpc) is 3.17. The molecule has 4 rings (SSSR count). The number of nitrogens with one attached hydrogen (secondary N) is 1. The third-order valence-corrected chi connectivity index (χ3v) is 5.63. The van der Waals surface area contributed by atoms with Crippen LogP contribution in [0.25, 0.3) is 5.69 Å². The standard InChI is InChI=1S/C23H27N3O5/c1-13(2)9-18-22(28)25(23(29)24-18)12-19(27)17-10-14(3)26(15(17)4)16-5-6-20-21(11-16)31-8-7-30-20/h5-6,10-11,13,18H,7-9,12H2,1-4H3,(H,24,29)/t18-/m1/s1. The second-order valence-corrected chi connectivity index (χ2v) is 8.43. The molecule has 2 aliphatic rings. The number of nitrogens with zero attached hydrogens (tertiary/aromatic N) is 2. The van der Waals surface area contributed by atoms with Crippen molar-refractivity contribution in [3.8, 4) is 17.2 Å². The molecule has 1 aromatic carbocycles. The number of aryl methyl sites for hydroxylation is 1. The van der Waals surface area contributed by atoms with Gasteiger partial charge in [0, 0.05) is 28.7 Å². The number of rotatable bonds is 6. The van der Waals surface area contributed by atoms with Gasteiger partial charge in [-0.2, -0.15) is 0 Å². The lowest BCUT2D eigenvalue weighted by molar-refractivity contribution is -0.127. The molecule has 0 saturated carbocycles. The maximum atomic E-state index is 13.0. The van der Waals surface area contributed by atoms with Gasteiger partial charge in [-0.05, 0) is 44.4 Å². The van der Waals surface area contributed by atoms with Crippen molar-refractivity contribution in [3.63, 3.8) is 0 Å². The molecule has 1 atom stereocenters. The number of hydrogen-bond acceptors (Lipinski definition) is 5. The predicted octanol–water partition coefficient (Wildman–Crippen LogP) is 3.01. The van der Waals surface area contributed by atoms with Crippen LogP contribution in [0.1, 0.15) is 42.0 Å². The van der Waals surface area contributed by atoms with Crippen LogP contribution in [0.5, 0.6) is 11.5 Å². The van der Waals surface area contributed by atoms with Gasteiger partial charge in [-0.15, -0.1) is 0 Å². The summed E-state index contributed by atoms with van der Waals surface area (Å²) in [5.41, 5.74) is 2.95. The van der Waals surface area contributed by atoms with Crippen molar-refractivity contribution in [3.05, 3.63) is 41.2 Å². The molecule has 8 heteroatoms. The zero-order valence-electron chi connectivity index (χ0n) is 18.2. The van der Waals surface area contributed by atoms with Gasteiger partial charge in [0.05, 0.1) is 6.54 Å². The summed E-state index contributed by atoms with van der Waals surface area (Å²) in [6.45, 7) is 8.48. The third-order valence-electron chi connectivity index (χ3n) is 5.63. The van der Waals surface area contributed by atoms with E-state index in [1.165, 1.54) is 0 Å². The summed E-state index contributed by atoms with van der Waals surface area (Å²) in [7, 11) is 0. The molecule has 3 heterocycles. The minimum absolute atomic E-state index is 0.259. The van der Waals surface area contributed by atoms with Gasteiger partial charge >= 0.3 is 6.03 Å². The molecular weight excluding hydrogens is 398 g/mol. The fourth-order valence-corrected chi connectivity index (χ4v) is 4.20. The van der Waals surface area contributed by atoms with Crippen LogP contribution in [0.15, 0.2) is 24.3 Å². The summed E-state index contributed by atoms with van der Waals surface area (Å²) in [4.78, 5) is 38.9. The number of carbonyl (C=O) groups is 3. The minimum Gasteiger partial charge on any atom is -0.486 e. The van der Waals surface area contributed by atoms with Crippen LogP contribution in [-0.4, -0.2) is 53.0 Å². The Morgan fingerprint density at radius 3 is 2.55 bits per heavy atom. The van der Waals surface area contributed by atoms with Crippen LogP contribution in [0.4, 0.5) is 4.79 Å². The molecule has 164 valence electrons. The Labute approximate surface area is 181 Å². The van der Waals surface area contributed by atoms with E-state index in [0.29, 0.717) is 36.7 Å². The molecule has 1 fully saturated rings. The van der Waals surface area contributed by atoms with Crippen molar-refractivity contribution in [2.45, 2.75) is 40.2 Å². The van der Waals surface area contributed by atoms with Gasteiger partial charge in [0.25, 0.3) is 5.91 Å². The minimum atomic E-state index is -0.564. The number of ketones is 1. The van der Waals surface area contributed by atoms with E-state index < -0.39 is 12.1 Å². The molecule has 0 radical (unpaired) electrons. The van der Waals surface area contributed by atoms with Gasteiger partial charge in [0.1, 0.15) is 19.3 Å². The number of ether oxygens (including phenoxy) is 2. The van der Waals surface area contributed by atoms with E-state index in [2.05, 4.69) is 5.32 Å². The fourth-order valence-electron chi connectivity index (χ4n) is 4.20. The maximum Gasteiger partial charge on any atom is 0.325 e. The van der Waals surface area contributed by atoms with Gasteiger partial charge in [-0.3, -0.25) is 14.5 Å². The summed E-state index contributed by atoms with van der Waals surface area (Å²) in [6, 6.07) is 6.37. The zero-order valence-corrected chi connectivity index (χ0v) is 18.2. The van der Waals surface area contributed by atoms with Crippen molar-refractivity contribution in [1.29, 1.82) is 0 Å². The van der Waals surface area contributed by atoms with Crippen molar-refractivity contribution >= 4 is 17.7 Å². The highest BCUT2D eigenvalue weighted by Crippen LogP contribution is 2.33. The zero-order chi connectivity index (χ0) is 22.3. The van der Waals surface area contributed by atoms with E-state index in [4.69, 9.17) is 9.47 Å². The molecule has 1 saturated heterocycles. The molecular formula is C23H27N3O5. The molecule has 8 nitrogen and oxygen atoms in total. The van der Waals surface area contributed by atoms with Crippen molar-refractivity contribution in [1.82, 2.24) is 14.8 Å². The lowest BCUT2D eigenvalue weighted by atomic mass is 10.0. The number of Topliss-reactive ketones (excluding diaryl/α,β-unsaturated/α-hetero) is 1. The summed E-state index contributed by atoms with van der Waals surface area (Å²) < 4.78 is 13.2. The van der Waals surface area contributed by atoms with Gasteiger partial charge in [0.2, 0.25) is 0 Å². The largest absolute Gasteiger partial charge is 0.486 e.